The first-order valence-corrected chi connectivity index (χ1v) is 11.3. The lowest BCUT2D eigenvalue weighted by Crippen LogP contribution is -2.36. The normalized spacial score (nSPS) is 11.5. The van der Waals surface area contributed by atoms with Gasteiger partial charge in [0.05, 0.1) is 25.3 Å². The maximum Gasteiger partial charge on any atom is 0.191 e. The molecule has 0 aliphatic heterocycles. The number of aromatic nitrogens is 3. The summed E-state index contributed by atoms with van der Waals surface area (Å²) in [4.78, 5) is 9.55. The summed E-state index contributed by atoms with van der Waals surface area (Å²) >= 11 is 1.66. The molecule has 0 spiro atoms. The van der Waals surface area contributed by atoms with Crippen LogP contribution in [0.1, 0.15) is 23.1 Å². The minimum absolute atomic E-state index is 0.597. The van der Waals surface area contributed by atoms with Crippen molar-refractivity contribution >= 4 is 17.3 Å². The van der Waals surface area contributed by atoms with Crippen molar-refractivity contribution in [2.45, 2.75) is 26.6 Å². The van der Waals surface area contributed by atoms with Crippen LogP contribution in [0.25, 0.3) is 11.3 Å². The van der Waals surface area contributed by atoms with Crippen molar-refractivity contribution in [1.82, 2.24) is 25.4 Å². The molecule has 6 nitrogen and oxygen atoms in total. The molecule has 4 aromatic rings. The Hall–Kier alpha value is -3.45. The van der Waals surface area contributed by atoms with Crippen LogP contribution in [0.5, 0.6) is 0 Å². The van der Waals surface area contributed by atoms with E-state index in [1.807, 2.05) is 35.1 Å². The van der Waals surface area contributed by atoms with Crippen molar-refractivity contribution in [2.75, 3.05) is 6.54 Å². The topological polar surface area (TPSA) is 67.1 Å². The van der Waals surface area contributed by atoms with Gasteiger partial charge in [-0.15, -0.1) is 11.3 Å². The number of thiazole rings is 1. The van der Waals surface area contributed by atoms with Crippen LogP contribution in [0.15, 0.2) is 83.4 Å². The smallest absolute Gasteiger partial charge is 0.191 e. The Morgan fingerprint density at radius 2 is 1.81 bits per heavy atom. The van der Waals surface area contributed by atoms with E-state index in [0.717, 1.165) is 35.3 Å². The molecule has 2 heterocycles. The first kappa shape index (κ1) is 20.8. The Morgan fingerprint density at radius 1 is 1.00 bits per heavy atom. The molecule has 0 aliphatic rings. The van der Waals surface area contributed by atoms with Gasteiger partial charge in [-0.3, -0.25) is 4.68 Å². The van der Waals surface area contributed by atoms with Gasteiger partial charge in [-0.05, 0) is 24.1 Å². The van der Waals surface area contributed by atoms with E-state index in [-0.39, 0.29) is 0 Å². The Morgan fingerprint density at radius 3 is 2.58 bits per heavy atom. The number of benzene rings is 2. The third kappa shape index (κ3) is 5.79. The number of hydrogen-bond acceptors (Lipinski definition) is 4. The van der Waals surface area contributed by atoms with Crippen LogP contribution in [0.4, 0.5) is 0 Å². The van der Waals surface area contributed by atoms with Gasteiger partial charge in [0, 0.05) is 29.9 Å². The van der Waals surface area contributed by atoms with E-state index in [9.17, 15) is 0 Å². The van der Waals surface area contributed by atoms with E-state index in [1.165, 1.54) is 11.1 Å². The monoisotopic (exact) mass is 430 g/mol. The van der Waals surface area contributed by atoms with E-state index in [2.05, 4.69) is 64.4 Å². The molecule has 0 radical (unpaired) electrons. The largest absolute Gasteiger partial charge is 0.357 e. The maximum absolute atomic E-state index is 4.80. The van der Waals surface area contributed by atoms with Crippen LogP contribution in [0, 0.1) is 0 Å². The molecule has 0 amide bonds. The molecular weight excluding hydrogens is 404 g/mol. The fourth-order valence-electron chi connectivity index (χ4n) is 3.23. The highest BCUT2D eigenvalue weighted by atomic mass is 32.1. The van der Waals surface area contributed by atoms with E-state index in [1.54, 1.807) is 17.5 Å². The molecule has 0 fully saturated rings. The van der Waals surface area contributed by atoms with Crippen LogP contribution in [-0.2, 0) is 19.6 Å². The van der Waals surface area contributed by atoms with E-state index in [4.69, 9.17) is 9.98 Å². The fraction of sp³-hybridized carbons (Fsp3) is 0.208. The van der Waals surface area contributed by atoms with Crippen molar-refractivity contribution in [3.8, 4) is 11.3 Å². The highest BCUT2D eigenvalue weighted by molar-refractivity contribution is 7.09. The minimum Gasteiger partial charge on any atom is -0.357 e. The fourth-order valence-corrected chi connectivity index (χ4v) is 3.98. The molecule has 4 rings (SSSR count). The average Bonchev–Trinajstić information content (AvgIpc) is 3.49. The quantitative estimate of drug-likeness (QED) is 0.323. The predicted molar refractivity (Wildman–Crippen MR) is 127 cm³/mol. The highest BCUT2D eigenvalue weighted by Crippen LogP contribution is 2.21. The number of hydrogen-bond donors (Lipinski definition) is 2. The maximum atomic E-state index is 4.80. The van der Waals surface area contributed by atoms with Crippen LogP contribution in [-0.4, -0.2) is 27.3 Å². The zero-order valence-corrected chi connectivity index (χ0v) is 18.3. The van der Waals surface area contributed by atoms with Gasteiger partial charge in [0.15, 0.2) is 5.96 Å². The van der Waals surface area contributed by atoms with Gasteiger partial charge in [-0.25, -0.2) is 9.98 Å². The third-order valence-electron chi connectivity index (χ3n) is 4.79. The molecule has 0 saturated carbocycles. The number of guanidine groups is 1. The molecule has 0 saturated heterocycles. The number of nitrogens with zero attached hydrogens (tertiary/aromatic N) is 4. The number of nitrogens with one attached hydrogen (secondary N) is 2. The zero-order valence-electron chi connectivity index (χ0n) is 17.5. The van der Waals surface area contributed by atoms with Crippen molar-refractivity contribution in [1.29, 1.82) is 0 Å². The van der Waals surface area contributed by atoms with Crippen molar-refractivity contribution in [3.05, 3.63) is 94.6 Å². The van der Waals surface area contributed by atoms with Gasteiger partial charge in [0.25, 0.3) is 0 Å². The standard InChI is InChI=1S/C24H26N6S/c1-2-25-24(27-16-23-29-22(18-31-23)19-9-4-3-5-10-19)26-15-20-11-6-7-12-21(20)17-30-14-8-13-28-30/h3-14,18H,2,15-17H2,1H3,(H2,25,26,27). The molecule has 2 N–H and O–H groups in total. The summed E-state index contributed by atoms with van der Waals surface area (Å²) in [5, 5.41) is 14.2. The molecule has 0 aliphatic carbocycles. The minimum atomic E-state index is 0.597. The van der Waals surface area contributed by atoms with Crippen LogP contribution >= 0.6 is 11.3 Å². The Bertz CT molecular complexity index is 1100. The molecular formula is C24H26N6S. The van der Waals surface area contributed by atoms with Crippen molar-refractivity contribution < 1.29 is 0 Å². The van der Waals surface area contributed by atoms with E-state index < -0.39 is 0 Å². The molecule has 158 valence electrons. The summed E-state index contributed by atoms with van der Waals surface area (Å²) in [7, 11) is 0. The van der Waals surface area contributed by atoms with Crippen LogP contribution < -0.4 is 10.6 Å². The molecule has 7 heteroatoms. The van der Waals surface area contributed by atoms with Crippen molar-refractivity contribution in [2.24, 2.45) is 4.99 Å². The number of aliphatic imine (C=N–C) groups is 1. The van der Waals surface area contributed by atoms with Gasteiger partial charge in [-0.1, -0.05) is 54.6 Å². The third-order valence-corrected chi connectivity index (χ3v) is 5.64. The summed E-state index contributed by atoms with van der Waals surface area (Å²) < 4.78 is 1.93. The second kappa shape index (κ2) is 10.5. The number of rotatable bonds is 8. The summed E-state index contributed by atoms with van der Waals surface area (Å²) in [6.07, 6.45) is 3.78. The average molecular weight is 431 g/mol. The molecule has 2 aromatic heterocycles. The molecule has 0 unspecified atom stereocenters. The van der Waals surface area contributed by atoms with Gasteiger partial charge in [-0.2, -0.15) is 5.10 Å². The lowest BCUT2D eigenvalue weighted by Gasteiger charge is -2.12. The second-order valence-electron chi connectivity index (χ2n) is 7.01. The van der Waals surface area contributed by atoms with Crippen LogP contribution in [0.3, 0.4) is 0 Å². The Kier molecular flexibility index (Phi) is 7.08. The molecule has 0 bridgehead atoms. The predicted octanol–water partition coefficient (Wildman–Crippen LogP) is 4.31. The Labute approximate surface area is 186 Å². The van der Waals surface area contributed by atoms with Gasteiger partial charge in [0.1, 0.15) is 5.01 Å². The van der Waals surface area contributed by atoms with Gasteiger partial charge >= 0.3 is 0 Å². The van der Waals surface area contributed by atoms with Crippen LogP contribution in [0.2, 0.25) is 0 Å². The van der Waals surface area contributed by atoms with E-state index >= 15 is 0 Å². The molecule has 31 heavy (non-hydrogen) atoms. The van der Waals surface area contributed by atoms with Crippen molar-refractivity contribution in [3.63, 3.8) is 0 Å². The zero-order chi connectivity index (χ0) is 21.3. The SMILES string of the molecule is CCNC(=NCc1ccccc1Cn1cccn1)NCc1nc(-c2ccccc2)cs1. The van der Waals surface area contributed by atoms with Gasteiger partial charge in [0.2, 0.25) is 0 Å². The van der Waals surface area contributed by atoms with E-state index in [0.29, 0.717) is 13.1 Å². The first-order chi connectivity index (χ1) is 15.3. The first-order valence-electron chi connectivity index (χ1n) is 10.4. The summed E-state index contributed by atoms with van der Waals surface area (Å²) in [5.41, 5.74) is 4.56. The second-order valence-corrected chi connectivity index (χ2v) is 7.96. The summed E-state index contributed by atoms with van der Waals surface area (Å²) in [6, 6.07) is 20.6. The molecule has 0 atom stereocenters. The highest BCUT2D eigenvalue weighted by Gasteiger charge is 2.07. The lowest BCUT2D eigenvalue weighted by molar-refractivity contribution is 0.680. The molecule has 2 aromatic carbocycles. The summed E-state index contributed by atoms with van der Waals surface area (Å²) in [6.45, 7) is 4.84. The summed E-state index contributed by atoms with van der Waals surface area (Å²) in [5.74, 6) is 0.785. The lowest BCUT2D eigenvalue weighted by atomic mass is 10.1. The van der Waals surface area contributed by atoms with Gasteiger partial charge < -0.3 is 10.6 Å². The Balaban J connectivity index is 1.41.